The lowest BCUT2D eigenvalue weighted by Gasteiger charge is -2.34. The first-order valence-corrected chi connectivity index (χ1v) is 14.7. The molecule has 2 aliphatic heterocycles. The van der Waals surface area contributed by atoms with Gasteiger partial charge >= 0.3 is 0 Å². The molecule has 37 heavy (non-hydrogen) atoms. The molecule has 0 bridgehead atoms. The minimum absolute atomic E-state index is 0.130. The van der Waals surface area contributed by atoms with Gasteiger partial charge in [0.1, 0.15) is 6.04 Å². The normalized spacial score (nSPS) is 20.5. The van der Waals surface area contributed by atoms with Gasteiger partial charge in [-0.25, -0.2) is 8.42 Å². The molecule has 10 nitrogen and oxygen atoms in total. The highest BCUT2D eigenvalue weighted by molar-refractivity contribution is 7.92. The van der Waals surface area contributed by atoms with Crippen molar-refractivity contribution in [1.82, 2.24) is 24.8 Å². The summed E-state index contributed by atoms with van der Waals surface area (Å²) in [5.41, 5.74) is 0.493. The monoisotopic (exact) mass is 565 g/mol. The number of nitrogens with zero attached hydrogens (tertiary/aromatic N) is 3. The third-order valence-corrected chi connectivity index (χ3v) is 8.61. The van der Waals surface area contributed by atoms with Crippen LogP contribution in [0, 0.1) is 0 Å². The molecule has 0 radical (unpaired) electrons. The molecule has 2 saturated heterocycles. The van der Waals surface area contributed by atoms with E-state index in [0.717, 1.165) is 18.2 Å². The first-order valence-electron chi connectivity index (χ1n) is 11.9. The van der Waals surface area contributed by atoms with Gasteiger partial charge in [0.05, 0.1) is 10.9 Å². The number of thiophene rings is 1. The van der Waals surface area contributed by atoms with Crippen LogP contribution in [0.2, 0.25) is 4.34 Å². The highest BCUT2D eigenvalue weighted by Gasteiger charge is 2.35. The second-order valence-electron chi connectivity index (χ2n) is 8.89. The predicted octanol–water partition coefficient (Wildman–Crippen LogP) is 2.10. The zero-order valence-corrected chi connectivity index (χ0v) is 22.4. The molecular weight excluding hydrogens is 538 g/mol. The van der Waals surface area contributed by atoms with Crippen molar-refractivity contribution >= 4 is 56.8 Å². The summed E-state index contributed by atoms with van der Waals surface area (Å²) in [6.45, 7) is 1.11. The van der Waals surface area contributed by atoms with E-state index in [0.29, 0.717) is 47.3 Å². The predicted molar refractivity (Wildman–Crippen MR) is 141 cm³/mol. The molecule has 4 rings (SSSR count). The van der Waals surface area contributed by atoms with Crippen molar-refractivity contribution in [2.24, 2.45) is 0 Å². The summed E-state index contributed by atoms with van der Waals surface area (Å²) < 4.78 is 28.0. The van der Waals surface area contributed by atoms with E-state index in [1.165, 1.54) is 22.3 Å². The van der Waals surface area contributed by atoms with E-state index in [1.54, 1.807) is 41.6 Å². The Morgan fingerprint density at radius 1 is 1.14 bits per heavy atom. The van der Waals surface area contributed by atoms with Crippen molar-refractivity contribution in [2.75, 3.05) is 26.2 Å². The molecule has 0 saturated carbocycles. The maximum absolute atomic E-state index is 13.1. The number of halogens is 1. The van der Waals surface area contributed by atoms with Crippen molar-refractivity contribution < 1.29 is 22.8 Å². The molecule has 4 heterocycles. The Morgan fingerprint density at radius 2 is 1.89 bits per heavy atom. The van der Waals surface area contributed by atoms with Crippen LogP contribution >= 0.6 is 22.9 Å². The van der Waals surface area contributed by atoms with Crippen LogP contribution < -0.4 is 10.0 Å². The van der Waals surface area contributed by atoms with Crippen LogP contribution in [0.3, 0.4) is 0 Å². The van der Waals surface area contributed by atoms with Crippen molar-refractivity contribution in [1.29, 1.82) is 0 Å². The molecular formula is C24H28ClN5O5S2. The Hall–Kier alpha value is -2.80. The molecule has 3 amide bonds. The number of rotatable bonds is 9. The summed E-state index contributed by atoms with van der Waals surface area (Å²) in [5.74, 6) is -0.872. The number of nitrogens with one attached hydrogen (secondary N) is 2. The van der Waals surface area contributed by atoms with Crippen molar-refractivity contribution in [3.63, 3.8) is 0 Å². The molecule has 2 aromatic rings. The Labute approximate surface area is 224 Å². The van der Waals surface area contributed by atoms with Gasteiger partial charge in [0, 0.05) is 53.9 Å². The van der Waals surface area contributed by atoms with Gasteiger partial charge < -0.3 is 15.1 Å². The molecule has 2 fully saturated rings. The molecule has 13 heteroatoms. The minimum Gasteiger partial charge on any atom is -0.350 e. The van der Waals surface area contributed by atoms with Gasteiger partial charge in [0.15, 0.2) is 0 Å². The van der Waals surface area contributed by atoms with E-state index in [2.05, 4.69) is 15.0 Å². The van der Waals surface area contributed by atoms with E-state index in [4.69, 9.17) is 11.6 Å². The van der Waals surface area contributed by atoms with Crippen molar-refractivity contribution in [3.8, 4) is 0 Å². The van der Waals surface area contributed by atoms with E-state index in [1.807, 2.05) is 0 Å². The summed E-state index contributed by atoms with van der Waals surface area (Å²) in [4.78, 5) is 46.1. The number of sulfonamides is 1. The van der Waals surface area contributed by atoms with E-state index in [9.17, 15) is 22.8 Å². The number of aromatic nitrogens is 1. The fraction of sp³-hybridized carbons (Fsp3) is 0.417. The van der Waals surface area contributed by atoms with Crippen LogP contribution in [-0.4, -0.2) is 79.2 Å². The molecule has 0 spiro atoms. The van der Waals surface area contributed by atoms with Crippen LogP contribution in [0.4, 0.5) is 0 Å². The first-order chi connectivity index (χ1) is 17.7. The molecule has 198 valence electrons. The van der Waals surface area contributed by atoms with Crippen LogP contribution in [0.25, 0.3) is 6.08 Å². The standard InChI is InChI=1S/C24H28ClN5O5S2/c25-21-6-5-19(36-21)9-14-37(34,35)28-20-4-2-12-29(24(20)33)16-22(31)30-13-1-3-18(30)15-27-23(32)17-7-10-26-11-8-17/h5-11,14,18,20,28H,1-4,12-13,15-16H2,(H,27,32)/b14-9+/t18-,20+/m1/s1. The lowest BCUT2D eigenvalue weighted by molar-refractivity contribution is -0.143. The summed E-state index contributed by atoms with van der Waals surface area (Å²) in [7, 11) is -3.87. The second kappa shape index (κ2) is 12.2. The number of hydrogen-bond acceptors (Lipinski definition) is 7. The molecule has 0 aromatic carbocycles. The van der Waals surface area contributed by atoms with Gasteiger partial charge in [0.2, 0.25) is 21.8 Å². The van der Waals surface area contributed by atoms with E-state index >= 15 is 0 Å². The van der Waals surface area contributed by atoms with Crippen LogP contribution in [-0.2, 0) is 19.6 Å². The third-order valence-electron chi connectivity index (χ3n) is 6.31. The number of carbonyl (C=O) groups excluding carboxylic acids is 3. The van der Waals surface area contributed by atoms with Crippen molar-refractivity contribution in [3.05, 3.63) is 56.8 Å². The topological polar surface area (TPSA) is 129 Å². The number of hydrogen-bond donors (Lipinski definition) is 2. The van der Waals surface area contributed by atoms with Gasteiger partial charge in [-0.1, -0.05) is 11.6 Å². The molecule has 0 unspecified atom stereocenters. The first kappa shape index (κ1) is 27.2. The Kier molecular flexibility index (Phi) is 8.95. The second-order valence-corrected chi connectivity index (χ2v) is 12.2. The average Bonchev–Trinajstić information content (AvgIpc) is 3.53. The molecule has 0 aliphatic carbocycles. The molecule has 2 aliphatic rings. The van der Waals surface area contributed by atoms with Gasteiger partial charge in [-0.15, -0.1) is 11.3 Å². The van der Waals surface area contributed by atoms with Gasteiger partial charge in [-0.2, -0.15) is 4.72 Å². The summed E-state index contributed by atoms with van der Waals surface area (Å²) in [6, 6.07) is 5.51. The van der Waals surface area contributed by atoms with Gasteiger partial charge in [-0.05, 0) is 56.0 Å². The third kappa shape index (κ3) is 7.37. The summed E-state index contributed by atoms with van der Waals surface area (Å²) in [5, 5.41) is 3.88. The number of piperidine rings is 1. The average molecular weight is 566 g/mol. The highest BCUT2D eigenvalue weighted by Crippen LogP contribution is 2.23. The smallest absolute Gasteiger partial charge is 0.251 e. The van der Waals surface area contributed by atoms with E-state index < -0.39 is 22.0 Å². The van der Waals surface area contributed by atoms with Gasteiger partial charge in [-0.3, -0.25) is 19.4 Å². The fourth-order valence-corrected chi connectivity index (χ4v) is 6.53. The largest absolute Gasteiger partial charge is 0.350 e. The van der Waals surface area contributed by atoms with E-state index in [-0.39, 0.29) is 24.4 Å². The SMILES string of the molecule is O=C(NC[C@H]1CCCN1C(=O)CN1CCC[C@H](NS(=O)(=O)/C=C/c2ccc(Cl)s2)C1=O)c1ccncc1. The molecule has 2 atom stereocenters. The summed E-state index contributed by atoms with van der Waals surface area (Å²) >= 11 is 7.11. The lowest BCUT2D eigenvalue weighted by Crippen LogP contribution is -2.55. The molecule has 2 N–H and O–H groups in total. The summed E-state index contributed by atoms with van der Waals surface area (Å²) in [6.07, 6.45) is 6.99. The Bertz CT molecular complexity index is 1270. The number of carbonyl (C=O) groups is 3. The molecule has 2 aromatic heterocycles. The zero-order valence-electron chi connectivity index (χ0n) is 20.0. The Balaban J connectivity index is 1.31. The maximum Gasteiger partial charge on any atom is 0.251 e. The zero-order chi connectivity index (χ0) is 26.4. The van der Waals surface area contributed by atoms with Crippen LogP contribution in [0.15, 0.2) is 42.1 Å². The highest BCUT2D eigenvalue weighted by atomic mass is 35.5. The minimum atomic E-state index is -3.87. The lowest BCUT2D eigenvalue weighted by atomic mass is 10.1. The van der Waals surface area contributed by atoms with Crippen LogP contribution in [0.1, 0.15) is 40.9 Å². The number of amides is 3. The van der Waals surface area contributed by atoms with Crippen LogP contribution in [0.5, 0.6) is 0 Å². The Morgan fingerprint density at radius 3 is 2.62 bits per heavy atom. The number of pyridine rings is 1. The van der Waals surface area contributed by atoms with Gasteiger partial charge in [0.25, 0.3) is 5.91 Å². The quantitative estimate of drug-likeness (QED) is 0.479. The van der Waals surface area contributed by atoms with Crippen molar-refractivity contribution in [2.45, 2.75) is 37.8 Å². The fourth-order valence-electron chi connectivity index (χ4n) is 4.46. The maximum atomic E-state index is 13.1. The number of likely N-dealkylation sites (tertiary alicyclic amines) is 2.